The van der Waals surface area contributed by atoms with Crippen molar-refractivity contribution in [1.82, 2.24) is 20.6 Å². The van der Waals surface area contributed by atoms with Gasteiger partial charge in [0.2, 0.25) is 5.95 Å². The SMILES string of the molecule is CNCCC(Oc1cccc(-c2ccnc(N[C@@H]3CNC[C@H]3O)n2)c1)c1ccccc1. The Morgan fingerprint density at radius 2 is 2.00 bits per heavy atom. The number of benzene rings is 2. The molecule has 0 amide bonds. The van der Waals surface area contributed by atoms with Gasteiger partial charge < -0.3 is 25.8 Å². The first-order valence-corrected chi connectivity index (χ1v) is 10.7. The van der Waals surface area contributed by atoms with Crippen molar-refractivity contribution >= 4 is 5.95 Å². The third-order valence-electron chi connectivity index (χ3n) is 5.39. The van der Waals surface area contributed by atoms with Crippen molar-refractivity contribution in [3.05, 3.63) is 72.4 Å². The molecule has 3 aromatic rings. The summed E-state index contributed by atoms with van der Waals surface area (Å²) in [5.41, 5.74) is 2.91. The first-order chi connectivity index (χ1) is 15.2. The summed E-state index contributed by atoms with van der Waals surface area (Å²) in [5.74, 6) is 1.30. The molecule has 1 saturated heterocycles. The number of nitrogens with one attached hydrogen (secondary N) is 3. The third kappa shape index (κ3) is 5.58. The smallest absolute Gasteiger partial charge is 0.223 e. The number of hydrogen-bond donors (Lipinski definition) is 4. The first-order valence-electron chi connectivity index (χ1n) is 10.7. The molecule has 2 heterocycles. The number of hydrogen-bond acceptors (Lipinski definition) is 7. The van der Waals surface area contributed by atoms with E-state index in [1.807, 2.05) is 55.6 Å². The van der Waals surface area contributed by atoms with Crippen LogP contribution in [-0.4, -0.2) is 53.9 Å². The summed E-state index contributed by atoms with van der Waals surface area (Å²) in [6.45, 7) is 2.13. The lowest BCUT2D eigenvalue weighted by atomic mass is 10.1. The fourth-order valence-electron chi connectivity index (χ4n) is 3.70. The molecular weight excluding hydrogens is 390 g/mol. The average Bonchev–Trinajstić information content (AvgIpc) is 3.22. The van der Waals surface area contributed by atoms with E-state index in [9.17, 15) is 5.11 Å². The number of aliphatic hydroxyl groups is 1. The minimum absolute atomic E-state index is 0.0390. The van der Waals surface area contributed by atoms with E-state index in [1.54, 1.807) is 6.20 Å². The average molecular weight is 420 g/mol. The van der Waals surface area contributed by atoms with E-state index >= 15 is 0 Å². The van der Waals surface area contributed by atoms with E-state index in [0.717, 1.165) is 35.5 Å². The molecule has 2 aromatic carbocycles. The predicted molar refractivity (Wildman–Crippen MR) is 122 cm³/mol. The summed E-state index contributed by atoms with van der Waals surface area (Å²) in [7, 11) is 1.95. The Morgan fingerprint density at radius 3 is 2.77 bits per heavy atom. The zero-order chi connectivity index (χ0) is 21.5. The van der Waals surface area contributed by atoms with Crippen LogP contribution in [0.3, 0.4) is 0 Å². The van der Waals surface area contributed by atoms with Gasteiger partial charge in [-0.15, -0.1) is 0 Å². The highest BCUT2D eigenvalue weighted by Gasteiger charge is 2.25. The maximum atomic E-state index is 10.0. The maximum absolute atomic E-state index is 10.0. The Kier molecular flexibility index (Phi) is 7.09. The van der Waals surface area contributed by atoms with E-state index in [1.165, 1.54) is 0 Å². The van der Waals surface area contributed by atoms with Crippen molar-refractivity contribution in [3.8, 4) is 17.0 Å². The molecule has 4 N–H and O–H groups in total. The predicted octanol–water partition coefficient (Wildman–Crippen LogP) is 2.62. The monoisotopic (exact) mass is 419 g/mol. The molecule has 1 unspecified atom stereocenters. The lowest BCUT2D eigenvalue weighted by molar-refractivity contribution is 0.185. The van der Waals surface area contributed by atoms with Crippen LogP contribution in [0.4, 0.5) is 5.95 Å². The summed E-state index contributed by atoms with van der Waals surface area (Å²) in [4.78, 5) is 8.95. The van der Waals surface area contributed by atoms with E-state index in [0.29, 0.717) is 19.0 Å². The summed E-state index contributed by atoms with van der Waals surface area (Å²) < 4.78 is 6.38. The Morgan fingerprint density at radius 1 is 1.13 bits per heavy atom. The van der Waals surface area contributed by atoms with Crippen molar-refractivity contribution in [2.45, 2.75) is 24.7 Å². The van der Waals surface area contributed by atoms with E-state index < -0.39 is 6.10 Å². The zero-order valence-electron chi connectivity index (χ0n) is 17.7. The molecular formula is C24H29N5O2. The van der Waals surface area contributed by atoms with Crippen molar-refractivity contribution in [3.63, 3.8) is 0 Å². The van der Waals surface area contributed by atoms with Gasteiger partial charge in [-0.25, -0.2) is 9.97 Å². The number of ether oxygens (including phenoxy) is 1. The van der Waals surface area contributed by atoms with Gasteiger partial charge in [-0.05, 0) is 37.4 Å². The zero-order valence-corrected chi connectivity index (χ0v) is 17.7. The number of aliphatic hydroxyl groups excluding tert-OH is 1. The van der Waals surface area contributed by atoms with Crippen molar-refractivity contribution < 1.29 is 9.84 Å². The topological polar surface area (TPSA) is 91.3 Å². The Labute approximate surface area is 182 Å². The second-order valence-corrected chi connectivity index (χ2v) is 7.68. The van der Waals surface area contributed by atoms with Crippen molar-refractivity contribution in [2.75, 3.05) is 32.0 Å². The summed E-state index contributed by atoms with van der Waals surface area (Å²) in [6, 6.07) is 20.0. The number of nitrogens with zero attached hydrogens (tertiary/aromatic N) is 2. The van der Waals surface area contributed by atoms with Crippen LogP contribution >= 0.6 is 0 Å². The molecule has 0 aliphatic carbocycles. The number of aromatic nitrogens is 2. The van der Waals surface area contributed by atoms with Crippen LogP contribution < -0.4 is 20.7 Å². The molecule has 1 aliphatic heterocycles. The molecule has 1 aromatic heterocycles. The largest absolute Gasteiger partial charge is 0.486 e. The fourth-order valence-corrected chi connectivity index (χ4v) is 3.70. The quantitative estimate of drug-likeness (QED) is 0.424. The molecule has 1 fully saturated rings. The number of rotatable bonds is 9. The van der Waals surface area contributed by atoms with Gasteiger partial charge in [0, 0.05) is 31.3 Å². The van der Waals surface area contributed by atoms with Crippen molar-refractivity contribution in [2.24, 2.45) is 0 Å². The van der Waals surface area contributed by atoms with Gasteiger partial charge in [0.05, 0.1) is 17.8 Å². The highest BCUT2D eigenvalue weighted by molar-refractivity contribution is 5.62. The van der Waals surface area contributed by atoms with Crippen LogP contribution in [0, 0.1) is 0 Å². The second-order valence-electron chi connectivity index (χ2n) is 7.68. The molecule has 162 valence electrons. The molecule has 31 heavy (non-hydrogen) atoms. The Hall–Kier alpha value is -3.00. The highest BCUT2D eigenvalue weighted by atomic mass is 16.5. The maximum Gasteiger partial charge on any atom is 0.223 e. The number of anilines is 1. The summed E-state index contributed by atoms with van der Waals surface area (Å²) in [6.07, 6.45) is 2.11. The molecule has 0 saturated carbocycles. The van der Waals surface area contributed by atoms with E-state index in [4.69, 9.17) is 4.74 Å². The summed E-state index contributed by atoms with van der Waals surface area (Å²) in [5, 5.41) is 19.6. The van der Waals surface area contributed by atoms with Gasteiger partial charge in [-0.3, -0.25) is 0 Å². The van der Waals surface area contributed by atoms with Gasteiger partial charge in [0.15, 0.2) is 0 Å². The highest BCUT2D eigenvalue weighted by Crippen LogP contribution is 2.28. The van der Waals surface area contributed by atoms with E-state index in [-0.39, 0.29) is 12.1 Å². The first kappa shape index (κ1) is 21.2. The molecule has 4 rings (SSSR count). The molecule has 7 heteroatoms. The Balaban J connectivity index is 1.51. The number of β-amino-alcohol motifs (C(OH)–C–C–N with tert-alkyl or cyclic N) is 1. The van der Waals surface area contributed by atoms with Gasteiger partial charge >= 0.3 is 0 Å². The molecule has 0 radical (unpaired) electrons. The minimum Gasteiger partial charge on any atom is -0.486 e. The van der Waals surface area contributed by atoms with Gasteiger partial charge in [0.1, 0.15) is 11.9 Å². The Bertz CT molecular complexity index is 969. The van der Waals surface area contributed by atoms with Gasteiger partial charge in [-0.1, -0.05) is 42.5 Å². The summed E-state index contributed by atoms with van der Waals surface area (Å²) >= 11 is 0. The van der Waals surface area contributed by atoms with Gasteiger partial charge in [-0.2, -0.15) is 0 Å². The minimum atomic E-state index is -0.448. The van der Waals surface area contributed by atoms with Crippen molar-refractivity contribution in [1.29, 1.82) is 0 Å². The van der Waals surface area contributed by atoms with E-state index in [2.05, 4.69) is 38.1 Å². The van der Waals surface area contributed by atoms with Crippen LogP contribution in [0.5, 0.6) is 5.75 Å². The normalized spacial score (nSPS) is 19.2. The molecule has 3 atom stereocenters. The van der Waals surface area contributed by atoms with Crippen LogP contribution in [0.2, 0.25) is 0 Å². The second kappa shape index (κ2) is 10.3. The molecule has 7 nitrogen and oxygen atoms in total. The molecule has 1 aliphatic rings. The standard InChI is InChI=1S/C24H29N5O2/c1-25-12-11-23(17-6-3-2-4-7-17)31-19-9-5-8-18(14-19)20-10-13-27-24(28-20)29-21-15-26-16-22(21)30/h2-10,13-14,21-23,25-26,30H,11-12,15-16H2,1H3,(H,27,28,29)/t21-,22-,23?/m1/s1. The fraction of sp³-hybridized carbons (Fsp3) is 0.333. The lowest BCUT2D eigenvalue weighted by Crippen LogP contribution is -2.32. The van der Waals surface area contributed by atoms with Crippen LogP contribution in [0.25, 0.3) is 11.3 Å². The lowest BCUT2D eigenvalue weighted by Gasteiger charge is -2.20. The van der Waals surface area contributed by atoms with Gasteiger partial charge in [0.25, 0.3) is 0 Å². The molecule has 0 spiro atoms. The van der Waals surface area contributed by atoms with Crippen LogP contribution in [-0.2, 0) is 0 Å². The van der Waals surface area contributed by atoms with Crippen LogP contribution in [0.15, 0.2) is 66.9 Å². The van der Waals surface area contributed by atoms with Crippen LogP contribution in [0.1, 0.15) is 18.1 Å². The molecule has 0 bridgehead atoms. The third-order valence-corrected chi connectivity index (χ3v) is 5.39.